The van der Waals surface area contributed by atoms with E-state index in [4.69, 9.17) is 4.74 Å². The fourth-order valence-corrected chi connectivity index (χ4v) is 5.09. The Morgan fingerprint density at radius 1 is 1.16 bits per heavy atom. The number of alkyl halides is 3. The molecule has 4 heterocycles. The summed E-state index contributed by atoms with van der Waals surface area (Å²) in [5, 5.41) is 0. The standard InChI is InChI=1S/C23H27F3N4O2/c1-22(23(24,25)26)15-29-20(31)12-19(28-13-17-9-10-18(14-28)32-17)27-21(29)30(22)11-5-8-16-6-3-2-4-7-16/h2-4,6-7,12,17-18H,5,8-11,13-15H2,1H3/t17-,18?,22?/m0/s1. The largest absolute Gasteiger partial charge is 0.413 e. The van der Waals surface area contributed by atoms with Crippen LogP contribution in [-0.2, 0) is 17.7 Å². The van der Waals surface area contributed by atoms with Crippen LogP contribution in [-0.4, -0.2) is 53.1 Å². The first-order valence-corrected chi connectivity index (χ1v) is 11.2. The molecule has 1 aromatic heterocycles. The number of hydrogen-bond donors (Lipinski definition) is 0. The second-order valence-electron chi connectivity index (χ2n) is 9.21. The lowest BCUT2D eigenvalue weighted by Gasteiger charge is -2.37. The van der Waals surface area contributed by atoms with Crippen molar-refractivity contribution in [3.05, 3.63) is 52.3 Å². The van der Waals surface area contributed by atoms with Gasteiger partial charge in [-0.25, -0.2) is 0 Å². The smallest absolute Gasteiger partial charge is 0.371 e. The minimum atomic E-state index is -4.50. The van der Waals surface area contributed by atoms with Crippen LogP contribution >= 0.6 is 0 Å². The first-order chi connectivity index (χ1) is 15.2. The fraction of sp³-hybridized carbons (Fsp3) is 0.565. The molecule has 3 aliphatic heterocycles. The quantitative estimate of drug-likeness (QED) is 0.702. The number of morpholine rings is 1. The molecule has 3 atom stereocenters. The van der Waals surface area contributed by atoms with E-state index >= 15 is 0 Å². The summed E-state index contributed by atoms with van der Waals surface area (Å²) < 4.78 is 49.6. The van der Waals surface area contributed by atoms with Crippen LogP contribution in [0, 0.1) is 0 Å². The third kappa shape index (κ3) is 3.66. The Kier molecular flexibility index (Phi) is 5.19. The average molecular weight is 448 g/mol. The molecule has 0 saturated carbocycles. The Hall–Kier alpha value is -2.55. The summed E-state index contributed by atoms with van der Waals surface area (Å²) in [6, 6.07) is 11.1. The van der Waals surface area contributed by atoms with Crippen LogP contribution in [0.25, 0.3) is 0 Å². The molecule has 5 rings (SSSR count). The van der Waals surface area contributed by atoms with Crippen molar-refractivity contribution in [2.24, 2.45) is 0 Å². The van der Waals surface area contributed by atoms with Crippen LogP contribution in [0.2, 0.25) is 0 Å². The highest BCUT2D eigenvalue weighted by atomic mass is 19.4. The van der Waals surface area contributed by atoms with Gasteiger partial charge in [0.2, 0.25) is 5.95 Å². The number of aromatic nitrogens is 2. The molecular formula is C23H27F3N4O2. The molecule has 0 aliphatic carbocycles. The molecule has 0 radical (unpaired) electrons. The number of ether oxygens (including phenoxy) is 1. The molecule has 2 bridgehead atoms. The summed E-state index contributed by atoms with van der Waals surface area (Å²) in [6.07, 6.45) is -1.22. The van der Waals surface area contributed by atoms with Crippen molar-refractivity contribution in [1.29, 1.82) is 0 Å². The van der Waals surface area contributed by atoms with E-state index in [1.165, 1.54) is 15.5 Å². The van der Waals surface area contributed by atoms with Crippen molar-refractivity contribution in [3.63, 3.8) is 0 Å². The molecule has 0 amide bonds. The number of fused-ring (bicyclic) bond motifs is 3. The zero-order valence-electron chi connectivity index (χ0n) is 18.0. The zero-order valence-corrected chi connectivity index (χ0v) is 18.0. The van der Waals surface area contributed by atoms with E-state index in [-0.39, 0.29) is 24.7 Å². The predicted octanol–water partition coefficient (Wildman–Crippen LogP) is 3.38. The molecule has 32 heavy (non-hydrogen) atoms. The van der Waals surface area contributed by atoms with Crippen molar-refractivity contribution in [2.75, 3.05) is 29.4 Å². The van der Waals surface area contributed by atoms with Gasteiger partial charge in [-0.1, -0.05) is 30.3 Å². The number of rotatable bonds is 5. The van der Waals surface area contributed by atoms with Crippen molar-refractivity contribution in [3.8, 4) is 0 Å². The van der Waals surface area contributed by atoms with Gasteiger partial charge in [-0.2, -0.15) is 18.2 Å². The van der Waals surface area contributed by atoms with Gasteiger partial charge in [-0.05, 0) is 38.2 Å². The molecule has 2 aromatic rings. The maximum Gasteiger partial charge on any atom is 0.413 e. The van der Waals surface area contributed by atoms with Crippen molar-refractivity contribution >= 4 is 11.8 Å². The fourth-order valence-electron chi connectivity index (χ4n) is 5.09. The first-order valence-electron chi connectivity index (χ1n) is 11.2. The van der Waals surface area contributed by atoms with Crippen molar-refractivity contribution < 1.29 is 17.9 Å². The number of aryl methyl sites for hydroxylation is 1. The molecule has 0 N–H and O–H groups in total. The Labute approximate surface area is 184 Å². The maximum atomic E-state index is 14.2. The van der Waals surface area contributed by atoms with Crippen LogP contribution in [0.4, 0.5) is 24.9 Å². The Bertz CT molecular complexity index is 1030. The van der Waals surface area contributed by atoms with Crippen LogP contribution in [0.15, 0.2) is 41.2 Å². The Morgan fingerprint density at radius 3 is 2.50 bits per heavy atom. The molecule has 2 fully saturated rings. The highest BCUT2D eigenvalue weighted by Crippen LogP contribution is 2.43. The number of halogens is 3. The summed E-state index contributed by atoms with van der Waals surface area (Å²) >= 11 is 0. The van der Waals surface area contributed by atoms with E-state index in [2.05, 4.69) is 4.98 Å². The lowest BCUT2D eigenvalue weighted by molar-refractivity contribution is -0.182. The van der Waals surface area contributed by atoms with E-state index in [1.54, 1.807) is 0 Å². The second-order valence-corrected chi connectivity index (χ2v) is 9.21. The summed E-state index contributed by atoms with van der Waals surface area (Å²) in [5.41, 5.74) is -1.54. The maximum absolute atomic E-state index is 14.2. The SMILES string of the molecule is CC1(C(F)(F)F)Cn2c(nc(N3CC4CC[C@@H](C3)O4)cc2=O)N1CCCc1ccccc1. The number of benzene rings is 1. The molecule has 2 unspecified atom stereocenters. The lowest BCUT2D eigenvalue weighted by atomic mass is 10.00. The van der Waals surface area contributed by atoms with Gasteiger partial charge in [0, 0.05) is 25.7 Å². The summed E-state index contributed by atoms with van der Waals surface area (Å²) in [5.74, 6) is 0.556. The van der Waals surface area contributed by atoms with E-state index < -0.39 is 23.8 Å². The van der Waals surface area contributed by atoms with Crippen molar-refractivity contribution in [1.82, 2.24) is 9.55 Å². The highest BCUT2D eigenvalue weighted by Gasteiger charge is 2.59. The summed E-state index contributed by atoms with van der Waals surface area (Å²) in [7, 11) is 0. The minimum Gasteiger partial charge on any atom is -0.371 e. The average Bonchev–Trinajstić information content (AvgIpc) is 3.25. The van der Waals surface area contributed by atoms with Gasteiger partial charge in [-0.15, -0.1) is 0 Å². The number of hydrogen-bond acceptors (Lipinski definition) is 5. The van der Waals surface area contributed by atoms with Gasteiger partial charge in [0.15, 0.2) is 5.54 Å². The van der Waals surface area contributed by atoms with Gasteiger partial charge >= 0.3 is 6.18 Å². The Balaban J connectivity index is 1.45. The van der Waals surface area contributed by atoms with E-state index in [9.17, 15) is 18.0 Å². The predicted molar refractivity (Wildman–Crippen MR) is 115 cm³/mol. The molecule has 2 saturated heterocycles. The van der Waals surface area contributed by atoms with Gasteiger partial charge in [0.05, 0.1) is 18.8 Å². The van der Waals surface area contributed by atoms with Gasteiger partial charge in [-0.3, -0.25) is 9.36 Å². The molecule has 0 spiro atoms. The van der Waals surface area contributed by atoms with E-state index in [0.29, 0.717) is 31.7 Å². The van der Waals surface area contributed by atoms with Crippen LogP contribution in [0.3, 0.4) is 0 Å². The van der Waals surface area contributed by atoms with Crippen molar-refractivity contribution in [2.45, 2.75) is 63.1 Å². The lowest BCUT2D eigenvalue weighted by Crippen LogP contribution is -2.56. The monoisotopic (exact) mass is 448 g/mol. The third-order valence-corrected chi connectivity index (χ3v) is 6.95. The zero-order chi connectivity index (χ0) is 22.5. The summed E-state index contributed by atoms with van der Waals surface area (Å²) in [6.45, 7) is 2.10. The third-order valence-electron chi connectivity index (χ3n) is 6.95. The van der Waals surface area contributed by atoms with E-state index in [0.717, 1.165) is 25.3 Å². The minimum absolute atomic E-state index is 0.0916. The molecule has 3 aliphatic rings. The molecule has 6 nitrogen and oxygen atoms in total. The van der Waals surface area contributed by atoms with Gasteiger partial charge in [0.25, 0.3) is 5.56 Å². The highest BCUT2D eigenvalue weighted by molar-refractivity contribution is 5.50. The molecule has 1 aromatic carbocycles. The molecule has 9 heteroatoms. The number of anilines is 2. The van der Waals surface area contributed by atoms with Gasteiger partial charge in [0.1, 0.15) is 5.82 Å². The van der Waals surface area contributed by atoms with E-state index in [1.807, 2.05) is 35.2 Å². The topological polar surface area (TPSA) is 50.6 Å². The van der Waals surface area contributed by atoms with Crippen LogP contribution < -0.4 is 15.4 Å². The normalized spacial score (nSPS) is 27.1. The summed E-state index contributed by atoms with van der Waals surface area (Å²) in [4.78, 5) is 20.8. The second kappa shape index (κ2) is 7.79. The number of nitrogens with zero attached hydrogens (tertiary/aromatic N) is 4. The Morgan fingerprint density at radius 2 is 1.84 bits per heavy atom. The first kappa shape index (κ1) is 21.3. The van der Waals surface area contributed by atoms with Gasteiger partial charge < -0.3 is 14.5 Å². The molecular weight excluding hydrogens is 421 g/mol. The van der Waals surface area contributed by atoms with Crippen LogP contribution in [0.5, 0.6) is 0 Å². The molecule has 172 valence electrons. The van der Waals surface area contributed by atoms with Crippen LogP contribution in [0.1, 0.15) is 31.7 Å².